The van der Waals surface area contributed by atoms with Gasteiger partial charge in [0.1, 0.15) is 0 Å². The molecule has 5 nitrogen and oxygen atoms in total. The monoisotopic (exact) mass is 266 g/mol. The van der Waals surface area contributed by atoms with Crippen LogP contribution < -0.4 is 10.6 Å². The highest BCUT2D eigenvalue weighted by Crippen LogP contribution is 2.05. The maximum atomic E-state index is 11.7. The Hall–Kier alpha value is -1.36. The van der Waals surface area contributed by atoms with E-state index in [1.54, 1.807) is 0 Å². The molecule has 0 fully saturated rings. The predicted molar refractivity (Wildman–Crippen MR) is 76.9 cm³/mol. The second-order valence-electron chi connectivity index (χ2n) is 4.69. The second-order valence-corrected chi connectivity index (χ2v) is 4.69. The summed E-state index contributed by atoms with van der Waals surface area (Å²) in [5.74, 6) is 0.0557. The number of rotatable bonds is 8. The van der Waals surface area contributed by atoms with Gasteiger partial charge in [0.2, 0.25) is 5.91 Å². The van der Waals surface area contributed by atoms with Gasteiger partial charge in [-0.25, -0.2) is 0 Å². The minimum atomic E-state index is -0.183. The first-order valence-electron chi connectivity index (χ1n) is 7.19. The van der Waals surface area contributed by atoms with Crippen LogP contribution >= 0.6 is 0 Å². The molecule has 0 bridgehead atoms. The molecule has 1 amide bonds. The molecule has 0 aliphatic rings. The van der Waals surface area contributed by atoms with Crippen molar-refractivity contribution in [1.29, 1.82) is 0 Å². The molecule has 108 valence electrons. The van der Waals surface area contributed by atoms with Crippen molar-refractivity contribution >= 4 is 5.91 Å². The molecular formula is C14H26N4O. The molecule has 0 radical (unpaired) electrons. The summed E-state index contributed by atoms with van der Waals surface area (Å²) in [6.07, 6.45) is 1.90. The highest BCUT2D eigenvalue weighted by atomic mass is 16.2. The topological polar surface area (TPSA) is 59.0 Å². The predicted octanol–water partition coefficient (Wildman–Crippen LogP) is 1.47. The van der Waals surface area contributed by atoms with Crippen LogP contribution in [0.25, 0.3) is 0 Å². The van der Waals surface area contributed by atoms with E-state index in [0.717, 1.165) is 37.3 Å². The number of carbonyl (C=O) groups excluding carboxylic acids is 1. The molecule has 0 saturated carbocycles. The van der Waals surface area contributed by atoms with E-state index in [-0.39, 0.29) is 11.9 Å². The quantitative estimate of drug-likeness (QED) is 0.749. The van der Waals surface area contributed by atoms with Crippen LogP contribution in [0.4, 0.5) is 0 Å². The number of nitrogens with one attached hydrogen (secondary N) is 2. The highest BCUT2D eigenvalue weighted by Gasteiger charge is 2.13. The number of aryl methyl sites for hydroxylation is 2. The van der Waals surface area contributed by atoms with Crippen LogP contribution in [0.1, 0.15) is 45.5 Å². The fraction of sp³-hybridized carbons (Fsp3) is 0.714. The minimum Gasteiger partial charge on any atom is -0.355 e. The van der Waals surface area contributed by atoms with Crippen molar-refractivity contribution in [2.75, 3.05) is 6.54 Å². The average molecular weight is 266 g/mol. The average Bonchev–Trinajstić information content (AvgIpc) is 2.84. The first kappa shape index (κ1) is 15.7. The van der Waals surface area contributed by atoms with E-state index >= 15 is 0 Å². The molecule has 1 aromatic rings. The standard InChI is InChI=1S/C14H26N4O/c1-5-8-15-14(19)11(4)16-10-13-9-12(6-2)17-18(13)7-3/h9,11,16H,5-8,10H2,1-4H3,(H,15,19). The van der Waals surface area contributed by atoms with Crippen molar-refractivity contribution in [3.63, 3.8) is 0 Å². The number of amides is 1. The summed E-state index contributed by atoms with van der Waals surface area (Å²) in [5, 5.41) is 10.6. The first-order valence-corrected chi connectivity index (χ1v) is 7.19. The van der Waals surface area contributed by atoms with Gasteiger partial charge < -0.3 is 10.6 Å². The van der Waals surface area contributed by atoms with Gasteiger partial charge in [-0.05, 0) is 32.8 Å². The summed E-state index contributed by atoms with van der Waals surface area (Å²) in [6, 6.07) is 1.92. The zero-order valence-electron chi connectivity index (χ0n) is 12.5. The van der Waals surface area contributed by atoms with Crippen molar-refractivity contribution in [3.05, 3.63) is 17.5 Å². The Morgan fingerprint density at radius 2 is 2.16 bits per heavy atom. The van der Waals surface area contributed by atoms with Gasteiger partial charge in [-0.2, -0.15) is 5.10 Å². The zero-order chi connectivity index (χ0) is 14.3. The summed E-state index contributed by atoms with van der Waals surface area (Å²) >= 11 is 0. The third-order valence-corrected chi connectivity index (χ3v) is 3.11. The van der Waals surface area contributed by atoms with Crippen LogP contribution in [0.3, 0.4) is 0 Å². The Bertz CT molecular complexity index is 400. The molecule has 19 heavy (non-hydrogen) atoms. The number of hydrogen-bond donors (Lipinski definition) is 2. The maximum absolute atomic E-state index is 11.7. The third kappa shape index (κ3) is 4.67. The largest absolute Gasteiger partial charge is 0.355 e. The molecule has 2 N–H and O–H groups in total. The van der Waals surface area contributed by atoms with Gasteiger partial charge in [0.25, 0.3) is 0 Å². The van der Waals surface area contributed by atoms with Gasteiger partial charge in [-0.1, -0.05) is 13.8 Å². The first-order chi connectivity index (χ1) is 9.12. The van der Waals surface area contributed by atoms with Gasteiger partial charge in [-0.15, -0.1) is 0 Å². The van der Waals surface area contributed by atoms with Crippen molar-refractivity contribution in [3.8, 4) is 0 Å². The van der Waals surface area contributed by atoms with E-state index in [0.29, 0.717) is 6.54 Å². The second kappa shape index (κ2) is 7.94. The maximum Gasteiger partial charge on any atom is 0.236 e. The SMILES string of the molecule is CCCNC(=O)C(C)NCc1cc(CC)nn1CC. The van der Waals surface area contributed by atoms with Gasteiger partial charge in [0, 0.05) is 19.6 Å². The van der Waals surface area contributed by atoms with Gasteiger partial charge in [0.15, 0.2) is 0 Å². The lowest BCUT2D eigenvalue weighted by molar-refractivity contribution is -0.122. The lowest BCUT2D eigenvalue weighted by Crippen LogP contribution is -2.42. The molecule has 0 aliphatic heterocycles. The molecule has 5 heteroatoms. The number of nitrogens with zero attached hydrogens (tertiary/aromatic N) is 2. The van der Waals surface area contributed by atoms with Crippen molar-refractivity contribution < 1.29 is 4.79 Å². The summed E-state index contributed by atoms with van der Waals surface area (Å²) in [6.45, 7) is 10.4. The van der Waals surface area contributed by atoms with Crippen LogP contribution in [-0.4, -0.2) is 28.3 Å². The van der Waals surface area contributed by atoms with E-state index < -0.39 is 0 Å². The van der Waals surface area contributed by atoms with Gasteiger partial charge >= 0.3 is 0 Å². The molecule has 1 aromatic heterocycles. The van der Waals surface area contributed by atoms with Crippen molar-refractivity contribution in [1.82, 2.24) is 20.4 Å². The summed E-state index contributed by atoms with van der Waals surface area (Å²) < 4.78 is 1.99. The van der Waals surface area contributed by atoms with Crippen molar-refractivity contribution in [2.45, 2.75) is 59.7 Å². The normalized spacial score (nSPS) is 12.4. The summed E-state index contributed by atoms with van der Waals surface area (Å²) in [4.78, 5) is 11.7. The van der Waals surface area contributed by atoms with E-state index in [2.05, 4.69) is 35.6 Å². The molecule has 0 aliphatic carbocycles. The smallest absolute Gasteiger partial charge is 0.236 e. The van der Waals surface area contributed by atoms with Crippen molar-refractivity contribution in [2.24, 2.45) is 0 Å². The Balaban J connectivity index is 2.51. The number of aromatic nitrogens is 2. The number of hydrogen-bond acceptors (Lipinski definition) is 3. The van der Waals surface area contributed by atoms with E-state index in [1.807, 2.05) is 18.5 Å². The molecular weight excluding hydrogens is 240 g/mol. The van der Waals surface area contributed by atoms with Crippen LogP contribution in [0.5, 0.6) is 0 Å². The Morgan fingerprint density at radius 1 is 1.42 bits per heavy atom. The van der Waals surface area contributed by atoms with E-state index in [1.165, 1.54) is 0 Å². The fourth-order valence-corrected chi connectivity index (χ4v) is 1.86. The van der Waals surface area contributed by atoms with Gasteiger partial charge in [-0.3, -0.25) is 9.48 Å². The lowest BCUT2D eigenvalue weighted by Gasteiger charge is -2.14. The Morgan fingerprint density at radius 3 is 2.74 bits per heavy atom. The molecule has 1 atom stereocenters. The third-order valence-electron chi connectivity index (χ3n) is 3.11. The van der Waals surface area contributed by atoms with E-state index in [9.17, 15) is 4.79 Å². The molecule has 0 saturated heterocycles. The zero-order valence-corrected chi connectivity index (χ0v) is 12.5. The fourth-order valence-electron chi connectivity index (χ4n) is 1.86. The van der Waals surface area contributed by atoms with Crippen LogP contribution in [-0.2, 0) is 24.3 Å². The Labute approximate surface area is 115 Å². The molecule has 0 spiro atoms. The van der Waals surface area contributed by atoms with Crippen LogP contribution in [0, 0.1) is 0 Å². The minimum absolute atomic E-state index is 0.0557. The highest BCUT2D eigenvalue weighted by molar-refractivity contribution is 5.81. The number of carbonyl (C=O) groups is 1. The molecule has 1 unspecified atom stereocenters. The summed E-state index contributed by atoms with van der Waals surface area (Å²) in [5.41, 5.74) is 2.23. The van der Waals surface area contributed by atoms with Gasteiger partial charge in [0.05, 0.1) is 17.4 Å². The summed E-state index contributed by atoms with van der Waals surface area (Å²) in [7, 11) is 0. The lowest BCUT2D eigenvalue weighted by atomic mass is 10.2. The molecule has 1 rings (SSSR count). The molecule has 1 heterocycles. The van der Waals surface area contributed by atoms with Crippen LogP contribution in [0.15, 0.2) is 6.07 Å². The Kier molecular flexibility index (Phi) is 6.56. The van der Waals surface area contributed by atoms with E-state index in [4.69, 9.17) is 0 Å². The molecule has 0 aromatic carbocycles. The van der Waals surface area contributed by atoms with Crippen LogP contribution in [0.2, 0.25) is 0 Å².